The molecule has 1 fully saturated rings. The third-order valence-electron chi connectivity index (χ3n) is 7.51. The van der Waals surface area contributed by atoms with Crippen molar-refractivity contribution in [1.29, 1.82) is 0 Å². The van der Waals surface area contributed by atoms with Gasteiger partial charge in [-0.15, -0.1) is 12.4 Å². The second kappa shape index (κ2) is 12.5. The smallest absolute Gasteiger partial charge is 0.343 e. The fourth-order valence-corrected chi connectivity index (χ4v) is 5.96. The van der Waals surface area contributed by atoms with Gasteiger partial charge in [-0.3, -0.25) is 9.69 Å². The summed E-state index contributed by atoms with van der Waals surface area (Å²) in [5.74, 6) is 0.199. The molecule has 0 unspecified atom stereocenters. The van der Waals surface area contributed by atoms with Gasteiger partial charge in [-0.2, -0.15) is 0 Å². The van der Waals surface area contributed by atoms with E-state index in [9.17, 15) is 9.59 Å². The first kappa shape index (κ1) is 28.4. The van der Waals surface area contributed by atoms with Crippen LogP contribution in [0, 0.1) is 0 Å². The lowest BCUT2D eigenvalue weighted by Gasteiger charge is -2.44. The average Bonchev–Trinajstić information content (AvgIpc) is 3.45. The van der Waals surface area contributed by atoms with E-state index < -0.39 is 0 Å². The summed E-state index contributed by atoms with van der Waals surface area (Å²) in [5.41, 5.74) is 3.38. The number of likely N-dealkylation sites (tertiary alicyclic amines) is 1. The summed E-state index contributed by atoms with van der Waals surface area (Å²) >= 11 is 12.3. The second-order valence-corrected chi connectivity index (χ2v) is 10.6. The average molecular weight is 574 g/mol. The summed E-state index contributed by atoms with van der Waals surface area (Å²) in [6.45, 7) is 2.07. The summed E-state index contributed by atoms with van der Waals surface area (Å²) in [7, 11) is 1.88. The fraction of sp³-hybridized carbons (Fsp3) is 0.333. The molecular weight excluding hydrogens is 543 g/mol. The molecule has 0 aromatic heterocycles. The van der Waals surface area contributed by atoms with E-state index in [1.165, 1.54) is 12.8 Å². The monoisotopic (exact) mass is 572 g/mol. The van der Waals surface area contributed by atoms with E-state index in [0.29, 0.717) is 21.4 Å². The van der Waals surface area contributed by atoms with Crippen molar-refractivity contribution in [3.63, 3.8) is 0 Å². The van der Waals surface area contributed by atoms with Crippen LogP contribution in [0.3, 0.4) is 0 Å². The standard InChI is InChI=1S/C30H30Cl2N2O3.ClH/c1-33(28(35)19-20-12-14-24(31)25(32)18-20)29-23-10-7-11-27(37-30(36)21-8-3-2-4-9-21)22(23)13-15-26(29)34-16-5-6-17-34;/h2-4,7-12,14,18,26,29H,5-6,13,15-17,19H2,1H3;1H/t26-,29-;/m0./s1. The Morgan fingerprint density at radius 3 is 2.42 bits per heavy atom. The number of nitrogens with zero attached hydrogens (tertiary/aromatic N) is 2. The van der Waals surface area contributed by atoms with Gasteiger partial charge in [0.25, 0.3) is 0 Å². The number of carbonyl (C=O) groups excluding carboxylic acids is 2. The highest BCUT2D eigenvalue weighted by atomic mass is 35.5. The number of ether oxygens (including phenoxy) is 1. The maximum atomic E-state index is 13.6. The van der Waals surface area contributed by atoms with Gasteiger partial charge in [0.05, 0.1) is 28.1 Å². The fourth-order valence-electron chi connectivity index (χ4n) is 5.64. The molecule has 5 rings (SSSR count). The lowest BCUT2D eigenvalue weighted by Crippen LogP contribution is -2.48. The third kappa shape index (κ3) is 6.02. The number of fused-ring (bicyclic) bond motifs is 1. The number of hydrogen-bond donors (Lipinski definition) is 0. The van der Waals surface area contributed by atoms with E-state index in [4.69, 9.17) is 27.9 Å². The molecule has 1 aliphatic heterocycles. The molecule has 0 N–H and O–H groups in total. The van der Waals surface area contributed by atoms with Crippen LogP contribution in [0.4, 0.5) is 0 Å². The summed E-state index contributed by atoms with van der Waals surface area (Å²) in [5, 5.41) is 0.913. The van der Waals surface area contributed by atoms with Crippen LogP contribution in [0.25, 0.3) is 0 Å². The molecule has 200 valence electrons. The van der Waals surface area contributed by atoms with Crippen LogP contribution in [0.15, 0.2) is 66.7 Å². The molecule has 1 saturated heterocycles. The molecule has 5 nitrogen and oxygen atoms in total. The molecule has 8 heteroatoms. The van der Waals surface area contributed by atoms with E-state index in [1.54, 1.807) is 24.3 Å². The molecule has 0 radical (unpaired) electrons. The molecule has 3 aromatic carbocycles. The molecule has 1 amide bonds. The number of esters is 1. The van der Waals surface area contributed by atoms with Gasteiger partial charge in [-0.1, -0.05) is 59.6 Å². The third-order valence-corrected chi connectivity index (χ3v) is 8.25. The zero-order valence-electron chi connectivity index (χ0n) is 21.2. The maximum Gasteiger partial charge on any atom is 0.343 e. The van der Waals surface area contributed by atoms with Crippen LogP contribution in [-0.4, -0.2) is 47.9 Å². The van der Waals surface area contributed by atoms with Crippen LogP contribution < -0.4 is 4.74 Å². The van der Waals surface area contributed by atoms with E-state index in [0.717, 1.165) is 42.6 Å². The number of rotatable bonds is 6. The molecule has 1 heterocycles. The summed E-state index contributed by atoms with van der Waals surface area (Å²) in [4.78, 5) is 30.8. The summed E-state index contributed by atoms with van der Waals surface area (Å²) < 4.78 is 5.89. The second-order valence-electron chi connectivity index (χ2n) is 9.80. The minimum Gasteiger partial charge on any atom is -0.423 e. The molecular formula is C30H31Cl3N2O3. The van der Waals surface area contributed by atoms with Gasteiger partial charge in [-0.05, 0) is 80.2 Å². The van der Waals surface area contributed by atoms with Crippen molar-refractivity contribution < 1.29 is 14.3 Å². The number of carbonyl (C=O) groups is 2. The number of hydrogen-bond acceptors (Lipinski definition) is 4. The van der Waals surface area contributed by atoms with Gasteiger partial charge >= 0.3 is 5.97 Å². The Balaban J connectivity index is 0.00000336. The zero-order valence-corrected chi connectivity index (χ0v) is 23.6. The molecule has 0 bridgehead atoms. The first-order valence-corrected chi connectivity index (χ1v) is 13.5. The van der Waals surface area contributed by atoms with E-state index in [1.807, 2.05) is 48.3 Å². The van der Waals surface area contributed by atoms with Gasteiger partial charge in [0.1, 0.15) is 5.75 Å². The molecule has 38 heavy (non-hydrogen) atoms. The molecule has 2 aliphatic rings. The first-order valence-electron chi connectivity index (χ1n) is 12.7. The van der Waals surface area contributed by atoms with Gasteiger partial charge in [0.15, 0.2) is 0 Å². The van der Waals surface area contributed by atoms with Crippen molar-refractivity contribution in [2.45, 2.75) is 44.2 Å². The highest BCUT2D eigenvalue weighted by Gasteiger charge is 2.39. The Hall–Kier alpha value is -2.57. The van der Waals surface area contributed by atoms with Gasteiger partial charge < -0.3 is 9.64 Å². The van der Waals surface area contributed by atoms with Crippen molar-refractivity contribution in [3.05, 3.63) is 99.0 Å². The van der Waals surface area contributed by atoms with Crippen molar-refractivity contribution in [2.75, 3.05) is 20.1 Å². The number of amides is 1. The Morgan fingerprint density at radius 1 is 0.974 bits per heavy atom. The highest BCUT2D eigenvalue weighted by Crippen LogP contribution is 2.41. The van der Waals surface area contributed by atoms with E-state index >= 15 is 0 Å². The normalized spacial score (nSPS) is 18.8. The molecule has 3 aromatic rings. The van der Waals surface area contributed by atoms with Crippen molar-refractivity contribution >= 4 is 47.5 Å². The Kier molecular flexibility index (Phi) is 9.37. The van der Waals surface area contributed by atoms with E-state index in [2.05, 4.69) is 11.0 Å². The predicted molar refractivity (Wildman–Crippen MR) is 154 cm³/mol. The number of halogens is 3. The van der Waals surface area contributed by atoms with Gasteiger partial charge in [-0.25, -0.2) is 4.79 Å². The van der Waals surface area contributed by atoms with Crippen LogP contribution >= 0.6 is 35.6 Å². The molecule has 2 atom stereocenters. The lowest BCUT2D eigenvalue weighted by molar-refractivity contribution is -0.133. The summed E-state index contributed by atoms with van der Waals surface area (Å²) in [6.07, 6.45) is 4.26. The van der Waals surface area contributed by atoms with Crippen LogP contribution in [0.5, 0.6) is 5.75 Å². The zero-order chi connectivity index (χ0) is 25.9. The minimum atomic E-state index is -0.378. The molecule has 1 aliphatic carbocycles. The van der Waals surface area contributed by atoms with Crippen LogP contribution in [0.1, 0.15) is 52.4 Å². The minimum absolute atomic E-state index is 0. The Bertz CT molecular complexity index is 1300. The molecule has 0 spiro atoms. The largest absolute Gasteiger partial charge is 0.423 e. The number of benzene rings is 3. The van der Waals surface area contributed by atoms with Gasteiger partial charge in [0.2, 0.25) is 5.91 Å². The Morgan fingerprint density at radius 2 is 1.71 bits per heavy atom. The lowest BCUT2D eigenvalue weighted by atomic mass is 9.81. The van der Waals surface area contributed by atoms with E-state index in [-0.39, 0.29) is 42.8 Å². The highest BCUT2D eigenvalue weighted by molar-refractivity contribution is 6.42. The number of likely N-dealkylation sites (N-methyl/N-ethyl adjacent to an activating group) is 1. The van der Waals surface area contributed by atoms with Crippen molar-refractivity contribution in [3.8, 4) is 5.75 Å². The quantitative estimate of drug-likeness (QED) is 0.241. The summed E-state index contributed by atoms with van der Waals surface area (Å²) in [6, 6.07) is 20.2. The van der Waals surface area contributed by atoms with Crippen molar-refractivity contribution in [2.24, 2.45) is 0 Å². The van der Waals surface area contributed by atoms with Crippen LogP contribution in [0.2, 0.25) is 10.0 Å². The molecule has 0 saturated carbocycles. The SMILES string of the molecule is CN(C(=O)Cc1ccc(Cl)c(Cl)c1)[C@H]1c2cccc(OC(=O)c3ccccc3)c2CC[C@@H]1N1CCCC1.Cl. The van der Waals surface area contributed by atoms with Gasteiger partial charge in [0, 0.05) is 18.7 Å². The Labute approximate surface area is 240 Å². The first-order chi connectivity index (χ1) is 17.9. The predicted octanol–water partition coefficient (Wildman–Crippen LogP) is 6.79. The van der Waals surface area contributed by atoms with Crippen LogP contribution in [-0.2, 0) is 17.6 Å². The van der Waals surface area contributed by atoms with Crippen molar-refractivity contribution in [1.82, 2.24) is 9.80 Å². The maximum absolute atomic E-state index is 13.6. The topological polar surface area (TPSA) is 49.9 Å².